The van der Waals surface area contributed by atoms with E-state index in [0.717, 1.165) is 27.4 Å². The summed E-state index contributed by atoms with van der Waals surface area (Å²) in [6, 6.07) is 10.9. The minimum atomic E-state index is -1.51. The van der Waals surface area contributed by atoms with Crippen LogP contribution in [0.1, 0.15) is 17.5 Å². The number of H-pyrrole nitrogens is 2. The summed E-state index contributed by atoms with van der Waals surface area (Å²) < 4.78 is 0. The molecule has 0 aliphatic heterocycles. The van der Waals surface area contributed by atoms with Crippen LogP contribution in [-0.4, -0.2) is 62.1 Å². The molecule has 192 valence electrons. The molecule has 2 heterocycles. The minimum absolute atomic E-state index is 0.0428. The predicted molar refractivity (Wildman–Crippen MR) is 136 cm³/mol. The highest BCUT2D eigenvalue weighted by atomic mass is 16.4. The molecule has 0 aliphatic rings. The van der Waals surface area contributed by atoms with Crippen LogP contribution in [-0.2, 0) is 32.0 Å². The van der Waals surface area contributed by atoms with Gasteiger partial charge in [0.1, 0.15) is 12.1 Å². The third-order valence-corrected chi connectivity index (χ3v) is 6.18. The van der Waals surface area contributed by atoms with Gasteiger partial charge in [-0.15, -0.1) is 0 Å². The lowest BCUT2D eigenvalue weighted by Gasteiger charge is -2.22. The van der Waals surface area contributed by atoms with Gasteiger partial charge in [-0.05, 0) is 29.7 Å². The molecule has 0 spiro atoms. The molecule has 11 heteroatoms. The number of benzene rings is 2. The summed E-state index contributed by atoms with van der Waals surface area (Å²) in [4.78, 5) is 55.2. The summed E-state index contributed by atoms with van der Waals surface area (Å²) in [5.41, 5.74) is 9.22. The van der Waals surface area contributed by atoms with E-state index in [1.807, 2.05) is 48.5 Å². The molecule has 0 aliphatic carbocycles. The zero-order chi connectivity index (χ0) is 26.5. The van der Waals surface area contributed by atoms with E-state index in [2.05, 4.69) is 20.6 Å². The highest BCUT2D eigenvalue weighted by Gasteiger charge is 2.30. The lowest BCUT2D eigenvalue weighted by Crippen LogP contribution is -2.55. The Morgan fingerprint density at radius 3 is 1.81 bits per heavy atom. The molecule has 2 aromatic heterocycles. The monoisotopic (exact) mass is 505 g/mol. The normalized spacial score (nSPS) is 13.6. The number of carboxylic acid groups (broad SMARTS) is 2. The molecule has 0 bridgehead atoms. The van der Waals surface area contributed by atoms with Gasteiger partial charge in [0, 0.05) is 40.6 Å². The number of carboxylic acids is 2. The Hall–Kier alpha value is -4.64. The van der Waals surface area contributed by atoms with Gasteiger partial charge in [0.25, 0.3) is 0 Å². The predicted octanol–water partition coefficient (Wildman–Crippen LogP) is 1.29. The van der Waals surface area contributed by atoms with Gasteiger partial charge in [-0.2, -0.15) is 0 Å². The van der Waals surface area contributed by atoms with E-state index in [-0.39, 0.29) is 12.8 Å². The average molecular weight is 506 g/mol. The van der Waals surface area contributed by atoms with Crippen LogP contribution in [0.5, 0.6) is 0 Å². The lowest BCUT2D eigenvalue weighted by atomic mass is 10.0. The molecule has 2 amide bonds. The zero-order valence-corrected chi connectivity index (χ0v) is 19.7. The molecule has 8 N–H and O–H groups in total. The van der Waals surface area contributed by atoms with E-state index >= 15 is 0 Å². The van der Waals surface area contributed by atoms with Gasteiger partial charge in [-0.3, -0.25) is 14.4 Å². The van der Waals surface area contributed by atoms with E-state index in [4.69, 9.17) is 5.73 Å². The fourth-order valence-corrected chi connectivity index (χ4v) is 4.29. The first-order valence-electron chi connectivity index (χ1n) is 11.6. The number of hydrogen-bond donors (Lipinski definition) is 7. The standard InChI is InChI=1S/C26H27N5O6/c27-18(9-14-12-28-19-7-3-1-5-16(14)19)24(34)30-21(11-23(32)33)25(35)31-22(26(36)37)10-15-13-29-20-8-4-2-6-17(15)20/h1-8,12-13,18,21-22,28-29H,9-11,27H2,(H,30,34)(H,31,35)(H,32,33)(H,36,37). The van der Waals surface area contributed by atoms with Gasteiger partial charge in [0.05, 0.1) is 12.5 Å². The molecular weight excluding hydrogens is 478 g/mol. The van der Waals surface area contributed by atoms with Crippen LogP contribution in [0.4, 0.5) is 0 Å². The molecule has 3 unspecified atom stereocenters. The Morgan fingerprint density at radius 2 is 1.27 bits per heavy atom. The van der Waals surface area contributed by atoms with Gasteiger partial charge in [-0.25, -0.2) is 4.79 Å². The molecule has 0 saturated carbocycles. The topological polar surface area (TPSA) is 190 Å². The number of para-hydroxylation sites is 2. The fourth-order valence-electron chi connectivity index (χ4n) is 4.29. The Bertz CT molecular complexity index is 1460. The average Bonchev–Trinajstić information content (AvgIpc) is 3.47. The molecule has 0 radical (unpaired) electrons. The first-order valence-corrected chi connectivity index (χ1v) is 11.6. The number of nitrogens with one attached hydrogen (secondary N) is 4. The number of aromatic amines is 2. The molecular formula is C26H27N5O6. The summed E-state index contributed by atoms with van der Waals surface area (Å²) in [6.07, 6.45) is 2.76. The number of amides is 2. The number of hydrogen-bond acceptors (Lipinski definition) is 5. The van der Waals surface area contributed by atoms with Crippen LogP contribution in [0.25, 0.3) is 21.8 Å². The van der Waals surface area contributed by atoms with Gasteiger partial charge < -0.3 is 36.5 Å². The Labute approximate surface area is 211 Å². The maximum atomic E-state index is 12.9. The first-order chi connectivity index (χ1) is 17.7. The van der Waals surface area contributed by atoms with E-state index in [1.165, 1.54) is 0 Å². The summed E-state index contributed by atoms with van der Waals surface area (Å²) in [6.45, 7) is 0. The molecule has 37 heavy (non-hydrogen) atoms. The zero-order valence-electron chi connectivity index (χ0n) is 19.7. The smallest absolute Gasteiger partial charge is 0.326 e. The molecule has 0 fully saturated rings. The van der Waals surface area contributed by atoms with E-state index < -0.39 is 48.3 Å². The van der Waals surface area contributed by atoms with Crippen molar-refractivity contribution in [1.29, 1.82) is 0 Å². The third kappa shape index (κ3) is 5.96. The van der Waals surface area contributed by atoms with Gasteiger partial charge in [-0.1, -0.05) is 36.4 Å². The number of aliphatic carboxylic acids is 2. The maximum Gasteiger partial charge on any atom is 0.326 e. The summed E-state index contributed by atoms with van der Waals surface area (Å²) in [7, 11) is 0. The van der Waals surface area contributed by atoms with Crippen LogP contribution < -0.4 is 16.4 Å². The molecule has 11 nitrogen and oxygen atoms in total. The van der Waals surface area contributed by atoms with Crippen LogP contribution in [0.2, 0.25) is 0 Å². The van der Waals surface area contributed by atoms with Gasteiger partial charge >= 0.3 is 11.9 Å². The number of nitrogens with two attached hydrogens (primary N) is 1. The summed E-state index contributed by atoms with van der Waals surface area (Å²) >= 11 is 0. The third-order valence-electron chi connectivity index (χ3n) is 6.18. The second-order valence-corrected chi connectivity index (χ2v) is 8.79. The van der Waals surface area contributed by atoms with Crippen LogP contribution in [0.15, 0.2) is 60.9 Å². The number of rotatable bonds is 11. The second kappa shape index (κ2) is 11.0. The quantitative estimate of drug-likeness (QED) is 0.160. The van der Waals surface area contributed by atoms with Crippen molar-refractivity contribution in [2.24, 2.45) is 5.73 Å². The molecule has 2 aromatic carbocycles. The van der Waals surface area contributed by atoms with Crippen LogP contribution in [0.3, 0.4) is 0 Å². The van der Waals surface area contributed by atoms with Crippen molar-refractivity contribution in [3.05, 3.63) is 72.1 Å². The van der Waals surface area contributed by atoms with Crippen molar-refractivity contribution in [2.45, 2.75) is 37.4 Å². The number of fused-ring (bicyclic) bond motifs is 2. The van der Waals surface area contributed by atoms with Crippen LogP contribution in [0, 0.1) is 0 Å². The fraction of sp³-hybridized carbons (Fsp3) is 0.231. The van der Waals surface area contributed by atoms with Crippen molar-refractivity contribution in [2.75, 3.05) is 0 Å². The van der Waals surface area contributed by atoms with Crippen molar-refractivity contribution in [3.63, 3.8) is 0 Å². The summed E-state index contributed by atoms with van der Waals surface area (Å²) in [5.74, 6) is -4.29. The largest absolute Gasteiger partial charge is 0.481 e. The van der Waals surface area contributed by atoms with Gasteiger partial charge in [0.2, 0.25) is 11.8 Å². The Kier molecular flexibility index (Phi) is 7.54. The molecule has 0 saturated heterocycles. The van der Waals surface area contributed by atoms with E-state index in [1.54, 1.807) is 12.4 Å². The van der Waals surface area contributed by atoms with Crippen molar-refractivity contribution < 1.29 is 29.4 Å². The summed E-state index contributed by atoms with van der Waals surface area (Å²) in [5, 5.41) is 25.4. The molecule has 4 aromatic rings. The number of aromatic nitrogens is 2. The number of carbonyl (C=O) groups is 4. The van der Waals surface area contributed by atoms with Crippen molar-refractivity contribution >= 4 is 45.6 Å². The van der Waals surface area contributed by atoms with Crippen LogP contribution >= 0.6 is 0 Å². The maximum absolute atomic E-state index is 12.9. The number of carbonyl (C=O) groups excluding carboxylic acids is 2. The molecule has 3 atom stereocenters. The van der Waals surface area contributed by atoms with Gasteiger partial charge in [0.15, 0.2) is 0 Å². The highest BCUT2D eigenvalue weighted by Crippen LogP contribution is 2.20. The SMILES string of the molecule is NC(Cc1c[nH]c2ccccc12)C(=O)NC(CC(=O)O)C(=O)NC(Cc1c[nH]c2ccccc12)C(=O)O. The molecule has 4 rings (SSSR count). The first kappa shape index (κ1) is 25.5. The van der Waals surface area contributed by atoms with E-state index in [9.17, 15) is 29.4 Å². The van der Waals surface area contributed by atoms with Crippen molar-refractivity contribution in [3.8, 4) is 0 Å². The van der Waals surface area contributed by atoms with Crippen molar-refractivity contribution in [1.82, 2.24) is 20.6 Å². The highest BCUT2D eigenvalue weighted by molar-refractivity contribution is 5.94. The van der Waals surface area contributed by atoms with E-state index in [0.29, 0.717) is 5.56 Å². The lowest BCUT2D eigenvalue weighted by molar-refractivity contribution is -0.143. The Balaban J connectivity index is 1.44. The Morgan fingerprint density at radius 1 is 0.757 bits per heavy atom. The second-order valence-electron chi connectivity index (χ2n) is 8.79. The minimum Gasteiger partial charge on any atom is -0.481 e.